The zero-order valence-corrected chi connectivity index (χ0v) is 18.7. The molecule has 0 atom stereocenters. The summed E-state index contributed by atoms with van der Waals surface area (Å²) in [6.07, 6.45) is 1.50. The van der Waals surface area contributed by atoms with E-state index in [1.807, 2.05) is 31.2 Å². The maximum Gasteiger partial charge on any atom is 0.335 e. The minimum absolute atomic E-state index is 0.0226. The van der Waals surface area contributed by atoms with Gasteiger partial charge in [-0.15, -0.1) is 0 Å². The van der Waals surface area contributed by atoms with Crippen LogP contribution in [0, 0.1) is 18.3 Å². The van der Waals surface area contributed by atoms with E-state index in [4.69, 9.17) is 9.84 Å². The molecular formula is C25H19BrN2O4. The average Bonchev–Trinajstić information content (AvgIpc) is 2.77. The van der Waals surface area contributed by atoms with Crippen LogP contribution in [-0.4, -0.2) is 17.0 Å². The van der Waals surface area contributed by atoms with Crippen LogP contribution in [0.3, 0.4) is 0 Å². The van der Waals surface area contributed by atoms with Gasteiger partial charge in [0.05, 0.1) is 10.0 Å². The van der Waals surface area contributed by atoms with Crippen molar-refractivity contribution in [3.05, 3.63) is 99.0 Å². The SMILES string of the molecule is Cc1cccc(NC(=O)/C(C#N)=C\c2ccc(OCc3ccc(C(=O)O)cc3)c(Br)c2)c1. The number of carboxylic acid groups (broad SMARTS) is 1. The molecule has 1 amide bonds. The lowest BCUT2D eigenvalue weighted by molar-refractivity contribution is -0.112. The summed E-state index contributed by atoms with van der Waals surface area (Å²) in [5, 5.41) is 21.1. The molecule has 0 aliphatic rings. The lowest BCUT2D eigenvalue weighted by atomic mass is 10.1. The number of ether oxygens (including phenoxy) is 1. The molecule has 0 unspecified atom stereocenters. The van der Waals surface area contributed by atoms with E-state index in [0.29, 0.717) is 21.5 Å². The number of amides is 1. The van der Waals surface area contributed by atoms with Crippen molar-refractivity contribution in [2.75, 3.05) is 5.32 Å². The number of halogens is 1. The number of carbonyl (C=O) groups is 2. The van der Waals surface area contributed by atoms with Crippen molar-refractivity contribution in [3.8, 4) is 11.8 Å². The van der Waals surface area contributed by atoms with Gasteiger partial charge in [0.1, 0.15) is 24.0 Å². The van der Waals surface area contributed by atoms with Crippen LogP contribution in [0.5, 0.6) is 5.75 Å². The van der Waals surface area contributed by atoms with Crippen LogP contribution in [0.2, 0.25) is 0 Å². The number of nitrogens with zero attached hydrogens (tertiary/aromatic N) is 1. The van der Waals surface area contributed by atoms with Gasteiger partial charge in [0, 0.05) is 5.69 Å². The van der Waals surface area contributed by atoms with Gasteiger partial charge in [-0.25, -0.2) is 4.79 Å². The molecule has 3 aromatic carbocycles. The van der Waals surface area contributed by atoms with Crippen LogP contribution in [0.1, 0.15) is 27.0 Å². The number of aryl methyl sites for hydroxylation is 1. The summed E-state index contributed by atoms with van der Waals surface area (Å²) in [7, 11) is 0. The van der Waals surface area contributed by atoms with Crippen molar-refractivity contribution in [1.29, 1.82) is 5.26 Å². The van der Waals surface area contributed by atoms with Gasteiger partial charge in [-0.2, -0.15) is 5.26 Å². The van der Waals surface area contributed by atoms with E-state index in [1.165, 1.54) is 18.2 Å². The smallest absolute Gasteiger partial charge is 0.335 e. The third-order valence-electron chi connectivity index (χ3n) is 4.50. The maximum atomic E-state index is 12.5. The highest BCUT2D eigenvalue weighted by Gasteiger charge is 2.11. The van der Waals surface area contributed by atoms with E-state index >= 15 is 0 Å². The third kappa shape index (κ3) is 6.06. The first-order chi connectivity index (χ1) is 15.4. The van der Waals surface area contributed by atoms with E-state index in [0.717, 1.165) is 11.1 Å². The van der Waals surface area contributed by atoms with E-state index in [9.17, 15) is 14.9 Å². The molecule has 0 aromatic heterocycles. The molecule has 6 nitrogen and oxygen atoms in total. The van der Waals surface area contributed by atoms with E-state index in [1.54, 1.807) is 36.4 Å². The summed E-state index contributed by atoms with van der Waals surface area (Å²) < 4.78 is 6.45. The molecule has 0 aliphatic carbocycles. The summed E-state index contributed by atoms with van der Waals surface area (Å²) in [5.41, 5.74) is 3.30. The van der Waals surface area contributed by atoms with Crippen molar-refractivity contribution in [2.24, 2.45) is 0 Å². The second-order valence-electron chi connectivity index (χ2n) is 6.97. The summed E-state index contributed by atoms with van der Waals surface area (Å²) >= 11 is 3.45. The average molecular weight is 491 g/mol. The number of benzene rings is 3. The highest BCUT2D eigenvalue weighted by atomic mass is 79.9. The normalized spacial score (nSPS) is 10.8. The molecule has 0 aliphatic heterocycles. The van der Waals surface area contributed by atoms with Crippen LogP contribution in [0.25, 0.3) is 6.08 Å². The van der Waals surface area contributed by atoms with Gasteiger partial charge in [-0.1, -0.05) is 30.3 Å². The fraction of sp³-hybridized carbons (Fsp3) is 0.0800. The fourth-order valence-electron chi connectivity index (χ4n) is 2.87. The zero-order chi connectivity index (χ0) is 23.1. The van der Waals surface area contributed by atoms with Gasteiger partial charge in [-0.3, -0.25) is 4.79 Å². The Balaban J connectivity index is 1.68. The Bertz CT molecular complexity index is 1230. The van der Waals surface area contributed by atoms with Crippen molar-refractivity contribution in [1.82, 2.24) is 0 Å². The van der Waals surface area contributed by atoms with Crippen LogP contribution in [-0.2, 0) is 11.4 Å². The van der Waals surface area contributed by atoms with Gasteiger partial charge in [-0.05, 0) is 82.0 Å². The highest BCUT2D eigenvalue weighted by molar-refractivity contribution is 9.10. The Kier molecular flexibility index (Phi) is 7.42. The topological polar surface area (TPSA) is 99.4 Å². The summed E-state index contributed by atoms with van der Waals surface area (Å²) in [4.78, 5) is 23.4. The minimum Gasteiger partial charge on any atom is -0.488 e. The second kappa shape index (κ2) is 10.4. The van der Waals surface area contributed by atoms with Gasteiger partial charge in [0.2, 0.25) is 0 Å². The van der Waals surface area contributed by atoms with Crippen molar-refractivity contribution in [3.63, 3.8) is 0 Å². The minimum atomic E-state index is -0.979. The number of anilines is 1. The maximum absolute atomic E-state index is 12.5. The second-order valence-corrected chi connectivity index (χ2v) is 7.83. The molecule has 0 bridgehead atoms. The standard InChI is InChI=1S/C25H19BrN2O4/c1-16-3-2-4-21(11-16)28-24(29)20(14-27)12-18-7-10-23(22(26)13-18)32-15-17-5-8-19(9-6-17)25(30)31/h2-13H,15H2,1H3,(H,28,29)(H,30,31)/b20-12-. The number of rotatable bonds is 7. The molecule has 32 heavy (non-hydrogen) atoms. The Hall–Kier alpha value is -3.89. The van der Waals surface area contributed by atoms with Crippen molar-refractivity contribution >= 4 is 39.6 Å². The summed E-state index contributed by atoms with van der Waals surface area (Å²) in [6, 6.07) is 20.9. The molecule has 7 heteroatoms. The summed E-state index contributed by atoms with van der Waals surface area (Å²) in [5.74, 6) is -0.889. The first-order valence-electron chi connectivity index (χ1n) is 9.60. The highest BCUT2D eigenvalue weighted by Crippen LogP contribution is 2.28. The number of hydrogen-bond donors (Lipinski definition) is 2. The zero-order valence-electron chi connectivity index (χ0n) is 17.1. The van der Waals surface area contributed by atoms with Gasteiger partial charge in [0.25, 0.3) is 5.91 Å². The van der Waals surface area contributed by atoms with Gasteiger partial charge >= 0.3 is 5.97 Å². The number of nitrogens with one attached hydrogen (secondary N) is 1. The number of hydrogen-bond acceptors (Lipinski definition) is 4. The predicted octanol–water partition coefficient (Wildman–Crippen LogP) is 5.58. The van der Waals surface area contributed by atoms with E-state index in [2.05, 4.69) is 21.2 Å². The molecule has 3 aromatic rings. The first-order valence-corrected chi connectivity index (χ1v) is 10.4. The Morgan fingerprint density at radius 1 is 1.12 bits per heavy atom. The molecule has 3 rings (SSSR count). The summed E-state index contributed by atoms with van der Waals surface area (Å²) in [6.45, 7) is 2.18. The fourth-order valence-corrected chi connectivity index (χ4v) is 3.38. The Morgan fingerprint density at radius 3 is 2.50 bits per heavy atom. The molecule has 2 N–H and O–H groups in total. The van der Waals surface area contributed by atoms with E-state index in [-0.39, 0.29) is 17.7 Å². The monoisotopic (exact) mass is 490 g/mol. The molecule has 0 saturated heterocycles. The van der Waals surface area contributed by atoms with E-state index < -0.39 is 11.9 Å². The lowest BCUT2D eigenvalue weighted by Crippen LogP contribution is -2.13. The van der Waals surface area contributed by atoms with Crippen molar-refractivity contribution < 1.29 is 19.4 Å². The predicted molar refractivity (Wildman–Crippen MR) is 125 cm³/mol. The quantitative estimate of drug-likeness (QED) is 0.332. The Morgan fingerprint density at radius 2 is 1.88 bits per heavy atom. The van der Waals surface area contributed by atoms with Crippen LogP contribution in [0.15, 0.2) is 76.8 Å². The molecule has 0 radical (unpaired) electrons. The van der Waals surface area contributed by atoms with Gasteiger partial charge < -0.3 is 15.2 Å². The van der Waals surface area contributed by atoms with Crippen molar-refractivity contribution in [2.45, 2.75) is 13.5 Å². The van der Waals surface area contributed by atoms with Crippen LogP contribution >= 0.6 is 15.9 Å². The number of aromatic carboxylic acids is 1. The molecule has 0 heterocycles. The van der Waals surface area contributed by atoms with Crippen LogP contribution in [0.4, 0.5) is 5.69 Å². The van der Waals surface area contributed by atoms with Crippen LogP contribution < -0.4 is 10.1 Å². The lowest BCUT2D eigenvalue weighted by Gasteiger charge is -2.10. The Labute approximate surface area is 193 Å². The molecule has 0 fully saturated rings. The number of nitriles is 1. The molecular weight excluding hydrogens is 472 g/mol. The van der Waals surface area contributed by atoms with Gasteiger partial charge in [0.15, 0.2) is 0 Å². The first kappa shape index (κ1) is 22.8. The number of carbonyl (C=O) groups excluding carboxylic acids is 1. The molecule has 0 saturated carbocycles. The third-order valence-corrected chi connectivity index (χ3v) is 5.12. The molecule has 160 valence electrons. The largest absolute Gasteiger partial charge is 0.488 e. The molecule has 0 spiro atoms. The number of carboxylic acids is 1.